The maximum Gasteiger partial charge on any atom is 0.293 e. The van der Waals surface area contributed by atoms with Crippen LogP contribution in [0, 0.1) is 16.7 Å². The zero-order chi connectivity index (χ0) is 25.6. The van der Waals surface area contributed by atoms with Gasteiger partial charge in [-0.2, -0.15) is 10.2 Å². The molecule has 1 aliphatic carbocycles. The summed E-state index contributed by atoms with van der Waals surface area (Å²) in [6.45, 7) is 1.55. The Hall–Kier alpha value is -3.02. The molecule has 12 nitrogen and oxygen atoms in total. The van der Waals surface area contributed by atoms with Crippen LogP contribution in [0.15, 0.2) is 18.2 Å². The second-order valence-electron chi connectivity index (χ2n) is 9.89. The summed E-state index contributed by atoms with van der Waals surface area (Å²) >= 11 is 0. The fourth-order valence-corrected chi connectivity index (χ4v) is 9.56. The number of piperidine rings is 1. The number of amides is 1. The first-order chi connectivity index (χ1) is 17.1. The molecule has 2 aromatic rings. The predicted octanol–water partition coefficient (Wildman–Crippen LogP) is 1.44. The Labute approximate surface area is 209 Å². The molecule has 1 spiro atoms. The molecule has 0 bridgehead atoms. The molecule has 3 N–H and O–H groups in total. The number of sulfonamides is 2. The van der Waals surface area contributed by atoms with Gasteiger partial charge in [-0.05, 0) is 48.8 Å². The van der Waals surface area contributed by atoms with Crippen molar-refractivity contribution in [3.8, 4) is 6.07 Å². The van der Waals surface area contributed by atoms with E-state index in [1.54, 1.807) is 28.4 Å². The van der Waals surface area contributed by atoms with Gasteiger partial charge in [0.05, 0.1) is 22.9 Å². The van der Waals surface area contributed by atoms with Gasteiger partial charge in [0.1, 0.15) is 6.07 Å². The largest absolute Gasteiger partial charge is 0.370 e. The molecule has 1 aromatic heterocycles. The number of carbonyl (C=O) groups excluding carboxylic acids is 1. The lowest BCUT2D eigenvalue weighted by Crippen LogP contribution is -2.44. The van der Waals surface area contributed by atoms with Gasteiger partial charge < -0.3 is 10.2 Å². The van der Waals surface area contributed by atoms with Crippen LogP contribution in [0.2, 0.25) is 0 Å². The van der Waals surface area contributed by atoms with E-state index in [1.165, 1.54) is 25.7 Å². The number of aromatic nitrogens is 3. The van der Waals surface area contributed by atoms with Gasteiger partial charge >= 0.3 is 0 Å². The molecular formula is C22H27N7O5S2. The van der Waals surface area contributed by atoms with E-state index in [-0.39, 0.29) is 23.2 Å². The minimum absolute atomic E-state index is 0.110. The molecule has 3 heterocycles. The highest BCUT2D eigenvalue weighted by molar-refractivity contribution is 8.05. The van der Waals surface area contributed by atoms with Crippen LogP contribution in [0.3, 0.4) is 0 Å². The Kier molecular flexibility index (Phi) is 6.26. The fraction of sp³-hybridized carbons (Fsp3) is 0.545. The van der Waals surface area contributed by atoms with Crippen LogP contribution in [0.25, 0.3) is 0 Å². The number of carbonyl (C=O) groups is 1. The molecule has 1 amide bonds. The van der Waals surface area contributed by atoms with Crippen molar-refractivity contribution >= 4 is 37.3 Å². The first kappa shape index (κ1) is 24.7. The monoisotopic (exact) mass is 533 g/mol. The highest BCUT2D eigenvalue weighted by Gasteiger charge is 2.38. The third kappa shape index (κ3) is 5.09. The second kappa shape index (κ2) is 9.13. The lowest BCUT2D eigenvalue weighted by atomic mass is 9.77. The molecule has 3 aliphatic rings. The molecule has 2 aliphatic heterocycles. The van der Waals surface area contributed by atoms with E-state index in [4.69, 9.17) is 5.26 Å². The first-order valence-corrected chi connectivity index (χ1v) is 15.1. The number of nitriles is 1. The number of anilines is 2. The van der Waals surface area contributed by atoms with Gasteiger partial charge in [-0.15, -0.1) is 9.23 Å². The lowest BCUT2D eigenvalue weighted by molar-refractivity contribution is 0.101. The molecule has 0 radical (unpaired) electrons. The van der Waals surface area contributed by atoms with Crippen LogP contribution in [0.4, 0.5) is 11.4 Å². The van der Waals surface area contributed by atoms with Crippen molar-refractivity contribution in [3.63, 3.8) is 0 Å². The Bertz CT molecular complexity index is 1400. The number of nitrogens with zero attached hydrogens (tertiary/aromatic N) is 4. The molecule has 1 saturated carbocycles. The van der Waals surface area contributed by atoms with E-state index in [9.17, 15) is 21.6 Å². The zero-order valence-electron chi connectivity index (χ0n) is 19.5. The normalized spacial score (nSPS) is 22.8. The number of benzene rings is 1. The molecule has 192 valence electrons. The standard InChI is InChI=1S/C22H27N7O5S2/c23-12-19-25-20(27-26-19)21(30)24-17-4-3-15(16-13-35(31,32)28-36(33,34)14-16)11-18(17)29-9-7-22(8-10-29)5-1-2-6-22/h3-4,11,16,28H,1-2,5-10,13-14H2,(H,24,30)(H,25,26,27). The van der Waals surface area contributed by atoms with Crippen molar-refractivity contribution in [3.05, 3.63) is 35.4 Å². The Morgan fingerprint density at radius 2 is 1.75 bits per heavy atom. The van der Waals surface area contributed by atoms with Crippen LogP contribution in [0.1, 0.15) is 66.4 Å². The quantitative estimate of drug-likeness (QED) is 0.524. The van der Waals surface area contributed by atoms with Crippen molar-refractivity contribution in [1.29, 1.82) is 5.26 Å². The maximum atomic E-state index is 12.8. The highest BCUT2D eigenvalue weighted by atomic mass is 32.3. The van der Waals surface area contributed by atoms with E-state index in [0.29, 0.717) is 22.4 Å². The van der Waals surface area contributed by atoms with Crippen molar-refractivity contribution in [2.24, 2.45) is 5.41 Å². The van der Waals surface area contributed by atoms with Gasteiger partial charge in [-0.3, -0.25) is 9.89 Å². The second-order valence-corrected chi connectivity index (χ2v) is 13.7. The summed E-state index contributed by atoms with van der Waals surface area (Å²) in [4.78, 5) is 18.8. The van der Waals surface area contributed by atoms with E-state index in [2.05, 4.69) is 25.4 Å². The summed E-state index contributed by atoms with van der Waals surface area (Å²) in [6, 6.07) is 6.85. The zero-order valence-corrected chi connectivity index (χ0v) is 21.2. The third-order valence-corrected chi connectivity index (χ3v) is 11.2. The predicted molar refractivity (Wildman–Crippen MR) is 131 cm³/mol. The van der Waals surface area contributed by atoms with Crippen molar-refractivity contribution in [2.75, 3.05) is 34.8 Å². The van der Waals surface area contributed by atoms with E-state index < -0.39 is 31.9 Å². The molecule has 3 fully saturated rings. The molecule has 2 saturated heterocycles. The minimum atomic E-state index is -3.97. The first-order valence-electron chi connectivity index (χ1n) is 11.8. The van der Waals surface area contributed by atoms with E-state index >= 15 is 0 Å². The Balaban J connectivity index is 1.46. The van der Waals surface area contributed by atoms with Gasteiger partial charge in [-0.1, -0.05) is 18.9 Å². The van der Waals surface area contributed by atoms with E-state index in [0.717, 1.165) is 25.9 Å². The molecule has 14 heteroatoms. The topological polar surface area (TPSA) is 178 Å². The average molecular weight is 534 g/mol. The number of rotatable bonds is 4. The number of hydrogen-bond acceptors (Lipinski definition) is 9. The van der Waals surface area contributed by atoms with E-state index in [1.807, 2.05) is 0 Å². The smallest absolute Gasteiger partial charge is 0.293 e. The summed E-state index contributed by atoms with van der Waals surface area (Å²) in [5, 5.41) is 17.8. The van der Waals surface area contributed by atoms with Gasteiger partial charge in [0.2, 0.25) is 25.9 Å². The van der Waals surface area contributed by atoms with Crippen molar-refractivity contribution in [2.45, 2.75) is 44.4 Å². The number of aromatic amines is 1. The van der Waals surface area contributed by atoms with Gasteiger partial charge in [0.25, 0.3) is 11.7 Å². The highest BCUT2D eigenvalue weighted by Crippen LogP contribution is 2.47. The number of hydrogen-bond donors (Lipinski definition) is 3. The molecule has 0 unspecified atom stereocenters. The van der Waals surface area contributed by atoms with Gasteiger partial charge in [0, 0.05) is 19.0 Å². The molecule has 1 aromatic carbocycles. The van der Waals surface area contributed by atoms with Gasteiger partial charge in [0.15, 0.2) is 0 Å². The molecule has 36 heavy (non-hydrogen) atoms. The molecule has 0 atom stereocenters. The number of H-pyrrole nitrogens is 1. The third-order valence-electron chi connectivity index (χ3n) is 7.47. The summed E-state index contributed by atoms with van der Waals surface area (Å²) in [5.74, 6) is -2.24. The average Bonchev–Trinajstić information content (AvgIpc) is 3.48. The fourth-order valence-electron chi connectivity index (χ4n) is 5.64. The summed E-state index contributed by atoms with van der Waals surface area (Å²) < 4.78 is 50.5. The van der Waals surface area contributed by atoms with Gasteiger partial charge in [-0.25, -0.2) is 16.8 Å². The Morgan fingerprint density at radius 1 is 1.08 bits per heavy atom. The lowest BCUT2D eigenvalue weighted by Gasteiger charge is -2.41. The van der Waals surface area contributed by atoms with Crippen LogP contribution in [-0.2, 0) is 20.0 Å². The molecule has 5 rings (SSSR count). The van der Waals surface area contributed by atoms with Crippen LogP contribution in [0.5, 0.6) is 0 Å². The summed E-state index contributed by atoms with van der Waals surface area (Å²) in [5.41, 5.74) is 2.12. The SMILES string of the molecule is N#Cc1n[nH]c(C(=O)Nc2ccc(C3CS(=O)(=O)NS(=O)(=O)C3)cc2N2CCC3(CCCC3)CC2)n1. The van der Waals surface area contributed by atoms with Crippen molar-refractivity contribution < 1.29 is 21.6 Å². The van der Waals surface area contributed by atoms with Crippen molar-refractivity contribution in [1.82, 2.24) is 19.3 Å². The maximum absolute atomic E-state index is 12.8. The summed E-state index contributed by atoms with van der Waals surface area (Å²) in [6.07, 6.45) is 6.99. The van der Waals surface area contributed by atoms with Crippen LogP contribution < -0.4 is 14.3 Å². The minimum Gasteiger partial charge on any atom is -0.370 e. The van der Waals surface area contributed by atoms with Crippen LogP contribution in [-0.4, -0.2) is 62.5 Å². The Morgan fingerprint density at radius 3 is 2.36 bits per heavy atom. The number of nitrogens with one attached hydrogen (secondary N) is 3. The van der Waals surface area contributed by atoms with Crippen LogP contribution >= 0.6 is 0 Å². The molecular weight excluding hydrogens is 506 g/mol. The summed E-state index contributed by atoms with van der Waals surface area (Å²) in [7, 11) is -7.95.